The number of nitrogens with one attached hydrogen (secondary N) is 2. The number of carbonyl (C=O) groups excluding carboxylic acids is 3. The van der Waals surface area contributed by atoms with Gasteiger partial charge in [0.05, 0.1) is 30.1 Å². The quantitative estimate of drug-likeness (QED) is 0.363. The van der Waals surface area contributed by atoms with Crippen molar-refractivity contribution in [2.24, 2.45) is 11.3 Å². The van der Waals surface area contributed by atoms with Gasteiger partial charge in [-0.1, -0.05) is 63.3 Å². The van der Waals surface area contributed by atoms with Crippen LogP contribution in [0.5, 0.6) is 5.88 Å². The average Bonchev–Trinajstić information content (AvgIpc) is 3.65. The number of cyclic esters (lactones) is 1. The number of benzene rings is 2. The Morgan fingerprint density at radius 2 is 1.84 bits per heavy atom. The number of alkyl carbamates (subject to hydrolysis) is 1. The number of carboxylic acid groups (broad SMARTS) is 1. The van der Waals surface area contributed by atoms with Gasteiger partial charge in [0, 0.05) is 12.0 Å². The summed E-state index contributed by atoms with van der Waals surface area (Å²) in [5, 5.41) is 14.8. The molecule has 3 heterocycles. The number of rotatable bonds is 4. The molecule has 6 rings (SSSR count). The van der Waals surface area contributed by atoms with Crippen LogP contribution in [0.2, 0.25) is 0 Å². The maximum atomic E-state index is 14.3. The molecule has 1 aliphatic carbocycles. The van der Waals surface area contributed by atoms with Crippen molar-refractivity contribution in [1.82, 2.24) is 25.5 Å². The first-order valence-electron chi connectivity index (χ1n) is 16.0. The van der Waals surface area contributed by atoms with Crippen LogP contribution >= 0.6 is 0 Å². The largest absolute Gasteiger partial charge is 0.479 e. The lowest BCUT2D eigenvalue weighted by molar-refractivity contribution is -0.147. The van der Waals surface area contributed by atoms with Crippen molar-refractivity contribution >= 4 is 41.0 Å². The van der Waals surface area contributed by atoms with E-state index in [1.165, 1.54) is 4.90 Å². The normalized spacial score (nSPS) is 25.8. The van der Waals surface area contributed by atoms with Gasteiger partial charge < -0.3 is 30.1 Å². The molecule has 2 aliphatic heterocycles. The first-order valence-corrected chi connectivity index (χ1v) is 16.0. The van der Waals surface area contributed by atoms with Gasteiger partial charge in [0.1, 0.15) is 29.4 Å². The molecule has 49 heavy (non-hydrogen) atoms. The molecule has 3 aromatic rings. The number of halogens is 2. The Balaban J connectivity index is 1.42. The summed E-state index contributed by atoms with van der Waals surface area (Å²) in [5.41, 5.74) is 0.0993. The van der Waals surface area contributed by atoms with Crippen LogP contribution in [-0.4, -0.2) is 87.2 Å². The molecular formula is C35H37F2N5O7. The van der Waals surface area contributed by atoms with Crippen molar-refractivity contribution in [3.8, 4) is 17.1 Å². The number of aliphatic carboxylic acids is 1. The van der Waals surface area contributed by atoms with Crippen molar-refractivity contribution in [2.75, 3.05) is 13.2 Å². The van der Waals surface area contributed by atoms with Gasteiger partial charge in [-0.05, 0) is 42.0 Å². The maximum absolute atomic E-state index is 14.3. The van der Waals surface area contributed by atoms with Crippen LogP contribution < -0.4 is 15.4 Å². The van der Waals surface area contributed by atoms with Gasteiger partial charge in [0.25, 0.3) is 0 Å². The van der Waals surface area contributed by atoms with Crippen LogP contribution in [0.4, 0.5) is 13.6 Å². The molecule has 2 fully saturated rings. The summed E-state index contributed by atoms with van der Waals surface area (Å²) in [4.78, 5) is 63.9. The molecule has 3 N–H and O–H groups in total. The van der Waals surface area contributed by atoms with Crippen molar-refractivity contribution in [1.29, 1.82) is 0 Å². The summed E-state index contributed by atoms with van der Waals surface area (Å²) < 4.78 is 39.0. The minimum absolute atomic E-state index is 0.0284. The standard InChI is InChI=1S/C35H37F2N5O7/c1-34(2,3)27-31(44)42-18-21(16-25(42)29(43)41-35(32(45)46)17-22(35)28(36)37)49-30-26(38-23-12-4-5-13-24(23)39-30)20-11-8-10-19(15-20)9-6-7-14-48-33(47)40-27/h4-6,8-13,15,21-22,25,27-28H,7,14,16-18H2,1-3H3,(H,40,47)(H,41,43)(H,45,46)/t21-,22+,25+,27-,35-/m1/s1. The number of carboxylic acids is 1. The molecule has 3 aliphatic rings. The van der Waals surface area contributed by atoms with Gasteiger partial charge in [0.2, 0.25) is 24.1 Å². The molecule has 2 aromatic carbocycles. The number of carbonyl (C=O) groups is 4. The van der Waals surface area contributed by atoms with E-state index in [1.54, 1.807) is 32.9 Å². The Bertz CT molecular complexity index is 1830. The smallest absolute Gasteiger partial charge is 0.407 e. The van der Waals surface area contributed by atoms with Crippen LogP contribution in [0.25, 0.3) is 28.4 Å². The molecule has 258 valence electrons. The number of aromatic nitrogens is 2. The van der Waals surface area contributed by atoms with Crippen LogP contribution in [0.3, 0.4) is 0 Å². The maximum Gasteiger partial charge on any atom is 0.407 e. The molecule has 0 radical (unpaired) electrons. The van der Waals surface area contributed by atoms with Gasteiger partial charge in [-0.3, -0.25) is 9.59 Å². The zero-order valence-electron chi connectivity index (χ0n) is 27.2. The Kier molecular flexibility index (Phi) is 8.99. The number of nitrogens with zero attached hydrogens (tertiary/aromatic N) is 3. The fourth-order valence-corrected chi connectivity index (χ4v) is 6.33. The van der Waals surface area contributed by atoms with Gasteiger partial charge in [-0.15, -0.1) is 0 Å². The second-order valence-electron chi connectivity index (χ2n) is 13.7. The molecule has 0 unspecified atom stereocenters. The predicted octanol–water partition coefficient (Wildman–Crippen LogP) is 4.43. The molecule has 12 nitrogen and oxygen atoms in total. The average molecular weight is 678 g/mol. The molecule has 3 amide bonds. The van der Waals surface area contributed by atoms with Crippen LogP contribution in [0.1, 0.15) is 45.6 Å². The van der Waals surface area contributed by atoms with Crippen molar-refractivity contribution in [2.45, 2.75) is 70.2 Å². The number of amides is 3. The molecule has 4 bridgehead atoms. The van der Waals surface area contributed by atoms with Crippen LogP contribution in [-0.2, 0) is 19.1 Å². The summed E-state index contributed by atoms with van der Waals surface area (Å²) >= 11 is 0. The zero-order chi connectivity index (χ0) is 35.1. The molecule has 1 aromatic heterocycles. The number of para-hydroxylation sites is 2. The highest BCUT2D eigenvalue weighted by Gasteiger charge is 2.66. The second kappa shape index (κ2) is 13.1. The van der Waals surface area contributed by atoms with Gasteiger partial charge in [-0.25, -0.2) is 28.3 Å². The third-order valence-corrected chi connectivity index (χ3v) is 9.08. The van der Waals surface area contributed by atoms with Crippen LogP contribution in [0, 0.1) is 11.3 Å². The second-order valence-corrected chi connectivity index (χ2v) is 13.7. The molecule has 14 heteroatoms. The summed E-state index contributed by atoms with van der Waals surface area (Å²) in [7, 11) is 0. The van der Waals surface area contributed by atoms with E-state index in [-0.39, 0.29) is 25.5 Å². The van der Waals surface area contributed by atoms with Crippen molar-refractivity contribution in [3.05, 3.63) is 60.2 Å². The number of alkyl halides is 2. The van der Waals surface area contributed by atoms with E-state index in [1.807, 2.05) is 48.6 Å². The lowest BCUT2D eigenvalue weighted by atomic mass is 9.85. The van der Waals surface area contributed by atoms with Crippen molar-refractivity contribution in [3.63, 3.8) is 0 Å². The Labute approximate surface area is 280 Å². The highest BCUT2D eigenvalue weighted by Crippen LogP contribution is 2.48. The highest BCUT2D eigenvalue weighted by atomic mass is 19.3. The van der Waals surface area contributed by atoms with Gasteiger partial charge in [-0.2, -0.15) is 0 Å². The SMILES string of the molecule is CC(C)(C)[C@@H]1NC(=O)OCCC=Cc2cccc(c2)-c2nc3ccccc3nc2O[C@@H]2C[C@@H](C(=O)N[C@]3(C(=O)O)C[C@H]3C(F)F)N(C2)C1=O. The van der Waals surface area contributed by atoms with Gasteiger partial charge >= 0.3 is 12.1 Å². The van der Waals surface area contributed by atoms with E-state index in [4.69, 9.17) is 19.4 Å². The number of hydrogen-bond acceptors (Lipinski definition) is 8. The summed E-state index contributed by atoms with van der Waals surface area (Å²) in [6, 6.07) is 12.2. The lowest BCUT2D eigenvalue weighted by Crippen LogP contribution is -2.59. The molecule has 5 atom stereocenters. The zero-order valence-corrected chi connectivity index (χ0v) is 27.2. The Hall–Kier alpha value is -5.14. The first kappa shape index (κ1) is 33.7. The molecule has 0 spiro atoms. The van der Waals surface area contributed by atoms with E-state index >= 15 is 0 Å². The minimum atomic E-state index is -2.97. The van der Waals surface area contributed by atoms with E-state index in [0.717, 1.165) is 5.56 Å². The number of fused-ring (bicyclic) bond motifs is 7. The van der Waals surface area contributed by atoms with E-state index in [2.05, 4.69) is 10.6 Å². The summed E-state index contributed by atoms with van der Waals surface area (Å²) in [6.45, 7) is 5.05. The Morgan fingerprint density at radius 3 is 2.51 bits per heavy atom. The fraction of sp³-hybridized carbons (Fsp3) is 0.429. The lowest BCUT2D eigenvalue weighted by Gasteiger charge is -2.35. The monoisotopic (exact) mass is 677 g/mol. The van der Waals surface area contributed by atoms with Gasteiger partial charge in [0.15, 0.2) is 0 Å². The summed E-state index contributed by atoms with van der Waals surface area (Å²) in [5.74, 6) is -4.59. The van der Waals surface area contributed by atoms with Crippen molar-refractivity contribution < 1.29 is 42.5 Å². The topological polar surface area (TPSA) is 160 Å². The van der Waals surface area contributed by atoms with E-state index in [0.29, 0.717) is 28.7 Å². The van der Waals surface area contributed by atoms with E-state index in [9.17, 15) is 33.1 Å². The number of hydrogen-bond donors (Lipinski definition) is 3. The third-order valence-electron chi connectivity index (χ3n) is 9.08. The summed E-state index contributed by atoms with van der Waals surface area (Å²) in [6.07, 6.45) is -1.11. The molecule has 1 saturated carbocycles. The van der Waals surface area contributed by atoms with E-state index < -0.39 is 71.8 Å². The fourth-order valence-electron chi connectivity index (χ4n) is 6.33. The molecular weight excluding hydrogens is 640 g/mol. The third kappa shape index (κ3) is 6.90. The minimum Gasteiger partial charge on any atom is -0.479 e. The Morgan fingerprint density at radius 1 is 1.10 bits per heavy atom. The van der Waals surface area contributed by atoms with Crippen LogP contribution in [0.15, 0.2) is 54.6 Å². The predicted molar refractivity (Wildman–Crippen MR) is 174 cm³/mol. The number of ether oxygens (including phenoxy) is 2. The highest BCUT2D eigenvalue weighted by molar-refractivity contribution is 5.96. The molecule has 1 saturated heterocycles. The first-order chi connectivity index (χ1) is 23.3.